The molecule has 0 aliphatic carbocycles. The first-order chi connectivity index (χ1) is 13.7. The first-order valence-corrected chi connectivity index (χ1v) is 8.62. The van der Waals surface area contributed by atoms with Gasteiger partial charge in [0.2, 0.25) is 5.88 Å². The van der Waals surface area contributed by atoms with E-state index in [1.807, 2.05) is 54.6 Å². The number of hydrogen-bond donors (Lipinski definition) is 1. The summed E-state index contributed by atoms with van der Waals surface area (Å²) in [5.74, 6) is 0.527. The smallest absolute Gasteiger partial charge is 0.320 e. The Morgan fingerprint density at radius 2 is 1.61 bits per heavy atom. The molecule has 1 amide bonds. The molecular weight excluding hydrogens is 358 g/mol. The van der Waals surface area contributed by atoms with Crippen LogP contribution in [-0.4, -0.2) is 37.2 Å². The molecule has 0 radical (unpaired) electrons. The third-order valence-corrected chi connectivity index (χ3v) is 4.16. The lowest BCUT2D eigenvalue weighted by molar-refractivity contribution is 0.0935. The predicted molar refractivity (Wildman–Crippen MR) is 104 cm³/mol. The Balaban J connectivity index is 2.00. The van der Waals surface area contributed by atoms with E-state index in [0.717, 1.165) is 11.1 Å². The maximum absolute atomic E-state index is 13.0. The van der Waals surface area contributed by atoms with E-state index in [-0.39, 0.29) is 17.6 Å². The highest BCUT2D eigenvalue weighted by atomic mass is 16.5. The summed E-state index contributed by atoms with van der Waals surface area (Å²) in [7, 11) is 4.49. The number of para-hydroxylation sites is 1. The Bertz CT molecular complexity index is 925. The minimum atomic E-state index is -0.434. The van der Waals surface area contributed by atoms with Gasteiger partial charge >= 0.3 is 6.01 Å². The Labute approximate surface area is 163 Å². The third kappa shape index (κ3) is 4.20. The van der Waals surface area contributed by atoms with Crippen molar-refractivity contribution in [2.45, 2.75) is 6.04 Å². The van der Waals surface area contributed by atoms with Gasteiger partial charge in [0, 0.05) is 11.6 Å². The Morgan fingerprint density at radius 3 is 2.29 bits per heavy atom. The molecule has 2 aromatic carbocycles. The molecule has 0 bridgehead atoms. The zero-order valence-corrected chi connectivity index (χ0v) is 15.9. The van der Waals surface area contributed by atoms with Gasteiger partial charge < -0.3 is 19.5 Å². The number of ether oxygens (including phenoxy) is 3. The van der Waals surface area contributed by atoms with Crippen molar-refractivity contribution in [2.75, 3.05) is 21.3 Å². The number of rotatable bonds is 7. The van der Waals surface area contributed by atoms with Gasteiger partial charge in [0.05, 0.1) is 27.4 Å². The van der Waals surface area contributed by atoms with Crippen LogP contribution >= 0.6 is 0 Å². The first kappa shape index (κ1) is 19.2. The van der Waals surface area contributed by atoms with Crippen LogP contribution in [0.25, 0.3) is 0 Å². The third-order valence-electron chi connectivity index (χ3n) is 4.16. The van der Waals surface area contributed by atoms with Gasteiger partial charge in [-0.2, -0.15) is 9.97 Å². The Kier molecular flexibility index (Phi) is 6.06. The lowest BCUT2D eigenvalue weighted by Gasteiger charge is -2.22. The highest BCUT2D eigenvalue weighted by Crippen LogP contribution is 2.30. The maximum atomic E-state index is 13.0. The fourth-order valence-corrected chi connectivity index (χ4v) is 2.81. The zero-order chi connectivity index (χ0) is 19.9. The Hall–Kier alpha value is -3.61. The topological polar surface area (TPSA) is 82.6 Å². The van der Waals surface area contributed by atoms with E-state index in [0.29, 0.717) is 5.75 Å². The summed E-state index contributed by atoms with van der Waals surface area (Å²) in [4.78, 5) is 21.1. The number of carbonyl (C=O) groups excluding carboxylic acids is 1. The molecule has 0 aliphatic rings. The number of aromatic nitrogens is 2. The van der Waals surface area contributed by atoms with Crippen molar-refractivity contribution in [3.63, 3.8) is 0 Å². The van der Waals surface area contributed by atoms with Crippen molar-refractivity contribution >= 4 is 5.91 Å². The van der Waals surface area contributed by atoms with E-state index >= 15 is 0 Å². The normalized spacial score (nSPS) is 11.4. The minimum absolute atomic E-state index is 0.0538. The standard InChI is InChI=1S/C21H21N3O4/c1-26-17-12-8-7-11-15(17)19(14-9-5-4-6-10-14)24-20(25)16-13-18(27-2)23-21(22-16)28-3/h4-13,19H,1-3H3,(H,24,25)/t19-/m0/s1. The van der Waals surface area contributed by atoms with Crippen LogP contribution in [0.4, 0.5) is 0 Å². The van der Waals surface area contributed by atoms with Crippen LogP contribution in [0, 0.1) is 0 Å². The molecule has 1 heterocycles. The summed E-state index contributed by atoms with van der Waals surface area (Å²) in [6.07, 6.45) is 0. The van der Waals surface area contributed by atoms with Crippen molar-refractivity contribution in [2.24, 2.45) is 0 Å². The number of methoxy groups -OCH3 is 3. The molecule has 1 aromatic heterocycles. The van der Waals surface area contributed by atoms with Gasteiger partial charge in [-0.1, -0.05) is 48.5 Å². The number of nitrogens with one attached hydrogen (secondary N) is 1. The van der Waals surface area contributed by atoms with E-state index in [4.69, 9.17) is 14.2 Å². The largest absolute Gasteiger partial charge is 0.496 e. The van der Waals surface area contributed by atoms with Gasteiger partial charge in [-0.3, -0.25) is 4.79 Å². The van der Waals surface area contributed by atoms with Crippen molar-refractivity contribution in [1.82, 2.24) is 15.3 Å². The molecule has 28 heavy (non-hydrogen) atoms. The number of carbonyl (C=O) groups is 1. The molecular formula is C21H21N3O4. The number of amides is 1. The van der Waals surface area contributed by atoms with Crippen LogP contribution in [0.1, 0.15) is 27.7 Å². The van der Waals surface area contributed by atoms with Crippen molar-refractivity contribution < 1.29 is 19.0 Å². The van der Waals surface area contributed by atoms with Crippen LogP contribution in [-0.2, 0) is 0 Å². The van der Waals surface area contributed by atoms with Crippen LogP contribution in [0.3, 0.4) is 0 Å². The average molecular weight is 379 g/mol. The first-order valence-electron chi connectivity index (χ1n) is 8.62. The summed E-state index contributed by atoms with van der Waals surface area (Å²) < 4.78 is 15.7. The van der Waals surface area contributed by atoms with Crippen LogP contribution in [0.15, 0.2) is 60.7 Å². The van der Waals surface area contributed by atoms with E-state index in [9.17, 15) is 4.79 Å². The predicted octanol–water partition coefficient (Wildman–Crippen LogP) is 3.02. The zero-order valence-electron chi connectivity index (χ0n) is 15.9. The Morgan fingerprint density at radius 1 is 0.893 bits per heavy atom. The molecule has 3 aromatic rings. The summed E-state index contributed by atoms with van der Waals surface area (Å²) in [6, 6.07) is 18.3. The van der Waals surface area contributed by atoms with Crippen LogP contribution in [0.2, 0.25) is 0 Å². The molecule has 1 atom stereocenters. The molecule has 7 heteroatoms. The molecule has 0 aliphatic heterocycles. The quantitative estimate of drug-likeness (QED) is 0.679. The van der Waals surface area contributed by atoms with Gasteiger partial charge in [-0.05, 0) is 11.6 Å². The second-order valence-corrected chi connectivity index (χ2v) is 5.84. The molecule has 144 valence electrons. The summed E-state index contributed by atoms with van der Waals surface area (Å²) >= 11 is 0. The molecule has 0 spiro atoms. The van der Waals surface area contributed by atoms with Gasteiger partial charge in [-0.25, -0.2) is 0 Å². The molecule has 3 rings (SSSR count). The van der Waals surface area contributed by atoms with E-state index in [1.165, 1.54) is 20.3 Å². The average Bonchev–Trinajstić information content (AvgIpc) is 2.77. The SMILES string of the molecule is COc1cc(C(=O)N[C@@H](c2ccccc2)c2ccccc2OC)nc(OC)n1. The van der Waals surface area contributed by atoms with E-state index in [2.05, 4.69) is 15.3 Å². The van der Waals surface area contributed by atoms with Gasteiger partial charge in [0.25, 0.3) is 5.91 Å². The maximum Gasteiger partial charge on any atom is 0.320 e. The van der Waals surface area contributed by atoms with Crippen LogP contribution in [0.5, 0.6) is 17.6 Å². The van der Waals surface area contributed by atoms with Crippen LogP contribution < -0.4 is 19.5 Å². The fraction of sp³-hybridized carbons (Fsp3) is 0.190. The van der Waals surface area contributed by atoms with Gasteiger partial charge in [0.15, 0.2) is 0 Å². The lowest BCUT2D eigenvalue weighted by atomic mass is 9.97. The van der Waals surface area contributed by atoms with E-state index < -0.39 is 11.9 Å². The molecule has 1 N–H and O–H groups in total. The number of hydrogen-bond acceptors (Lipinski definition) is 6. The number of nitrogens with zero attached hydrogens (tertiary/aromatic N) is 2. The van der Waals surface area contributed by atoms with Gasteiger partial charge in [-0.15, -0.1) is 0 Å². The monoisotopic (exact) mass is 379 g/mol. The highest BCUT2D eigenvalue weighted by molar-refractivity contribution is 5.93. The highest BCUT2D eigenvalue weighted by Gasteiger charge is 2.22. The lowest BCUT2D eigenvalue weighted by Crippen LogP contribution is -2.30. The minimum Gasteiger partial charge on any atom is -0.496 e. The fourth-order valence-electron chi connectivity index (χ4n) is 2.81. The summed E-state index contributed by atoms with van der Waals surface area (Å²) in [5.41, 5.74) is 1.88. The number of benzene rings is 2. The summed E-state index contributed by atoms with van der Waals surface area (Å²) in [5, 5.41) is 3.02. The van der Waals surface area contributed by atoms with Crippen molar-refractivity contribution in [3.8, 4) is 17.6 Å². The molecule has 0 saturated carbocycles. The van der Waals surface area contributed by atoms with E-state index in [1.54, 1.807) is 7.11 Å². The molecule has 0 saturated heterocycles. The second-order valence-electron chi connectivity index (χ2n) is 5.84. The van der Waals surface area contributed by atoms with Gasteiger partial charge in [0.1, 0.15) is 11.4 Å². The van der Waals surface area contributed by atoms with Crippen molar-refractivity contribution in [1.29, 1.82) is 0 Å². The summed E-state index contributed by atoms with van der Waals surface area (Å²) in [6.45, 7) is 0. The molecule has 7 nitrogen and oxygen atoms in total. The second kappa shape index (κ2) is 8.85. The molecule has 0 fully saturated rings. The molecule has 0 unspecified atom stereocenters. The van der Waals surface area contributed by atoms with Crippen molar-refractivity contribution in [3.05, 3.63) is 77.5 Å².